The molecule has 1 aromatic rings. The van der Waals surface area contributed by atoms with Gasteiger partial charge in [0.1, 0.15) is 5.75 Å². The molecule has 0 aliphatic carbocycles. The average Bonchev–Trinajstić information content (AvgIpc) is 2.32. The van der Waals surface area contributed by atoms with E-state index in [0.29, 0.717) is 13.0 Å². The van der Waals surface area contributed by atoms with Gasteiger partial charge in [-0.3, -0.25) is 4.79 Å². The molecular formula is C15H24N2O2. The predicted octanol–water partition coefficient (Wildman–Crippen LogP) is 2.72. The summed E-state index contributed by atoms with van der Waals surface area (Å²) in [6.45, 7) is 9.56. The van der Waals surface area contributed by atoms with Crippen molar-refractivity contribution < 1.29 is 9.53 Å². The van der Waals surface area contributed by atoms with Gasteiger partial charge in [-0.2, -0.15) is 0 Å². The molecule has 0 radical (unpaired) electrons. The van der Waals surface area contributed by atoms with E-state index in [-0.39, 0.29) is 12.0 Å². The van der Waals surface area contributed by atoms with Gasteiger partial charge in [0.2, 0.25) is 5.91 Å². The van der Waals surface area contributed by atoms with Gasteiger partial charge in [-0.05, 0) is 51.1 Å². The van der Waals surface area contributed by atoms with E-state index in [2.05, 4.69) is 10.6 Å². The largest absolute Gasteiger partial charge is 0.491 e. The standard InChI is InChI=1S/C15H24N2O2/c1-5-16-9-8-15(18)17-14-7-6-13(10-12(14)4)19-11(2)3/h6-7,10-11,16H,5,8-9H2,1-4H3,(H,17,18). The topological polar surface area (TPSA) is 50.4 Å². The Labute approximate surface area is 115 Å². The van der Waals surface area contributed by atoms with Crippen molar-refractivity contribution in [2.75, 3.05) is 18.4 Å². The van der Waals surface area contributed by atoms with E-state index >= 15 is 0 Å². The van der Waals surface area contributed by atoms with Crippen molar-refractivity contribution >= 4 is 11.6 Å². The molecule has 0 unspecified atom stereocenters. The molecular weight excluding hydrogens is 240 g/mol. The number of nitrogens with one attached hydrogen (secondary N) is 2. The van der Waals surface area contributed by atoms with Crippen molar-refractivity contribution in [3.05, 3.63) is 23.8 Å². The highest BCUT2D eigenvalue weighted by molar-refractivity contribution is 5.91. The van der Waals surface area contributed by atoms with Gasteiger partial charge in [0.05, 0.1) is 6.10 Å². The van der Waals surface area contributed by atoms with Crippen LogP contribution in [0.1, 0.15) is 32.8 Å². The third-order valence-corrected chi connectivity index (χ3v) is 2.62. The highest BCUT2D eigenvalue weighted by Gasteiger charge is 2.06. The summed E-state index contributed by atoms with van der Waals surface area (Å²) < 4.78 is 5.61. The number of hydrogen-bond donors (Lipinski definition) is 2. The van der Waals surface area contributed by atoms with Gasteiger partial charge in [-0.25, -0.2) is 0 Å². The molecule has 0 atom stereocenters. The molecule has 0 fully saturated rings. The first-order valence-electron chi connectivity index (χ1n) is 6.80. The molecule has 0 aliphatic rings. The van der Waals surface area contributed by atoms with E-state index in [0.717, 1.165) is 23.5 Å². The number of anilines is 1. The molecule has 0 bridgehead atoms. The van der Waals surface area contributed by atoms with E-state index < -0.39 is 0 Å². The summed E-state index contributed by atoms with van der Waals surface area (Å²) in [4.78, 5) is 11.7. The third kappa shape index (κ3) is 5.75. The number of aryl methyl sites for hydroxylation is 1. The molecule has 19 heavy (non-hydrogen) atoms. The molecule has 2 N–H and O–H groups in total. The summed E-state index contributed by atoms with van der Waals surface area (Å²) in [5.41, 5.74) is 1.85. The van der Waals surface area contributed by atoms with Crippen LogP contribution in [-0.2, 0) is 4.79 Å². The van der Waals surface area contributed by atoms with E-state index in [1.54, 1.807) is 0 Å². The molecule has 4 nitrogen and oxygen atoms in total. The Morgan fingerprint density at radius 1 is 1.37 bits per heavy atom. The average molecular weight is 264 g/mol. The lowest BCUT2D eigenvalue weighted by Gasteiger charge is -2.13. The zero-order chi connectivity index (χ0) is 14.3. The molecule has 0 spiro atoms. The van der Waals surface area contributed by atoms with E-state index in [1.807, 2.05) is 45.9 Å². The van der Waals surface area contributed by atoms with Crippen molar-refractivity contribution in [2.24, 2.45) is 0 Å². The maximum absolute atomic E-state index is 11.7. The molecule has 4 heteroatoms. The van der Waals surface area contributed by atoms with Crippen LogP contribution in [0.25, 0.3) is 0 Å². The molecule has 106 valence electrons. The normalized spacial score (nSPS) is 10.6. The fourth-order valence-electron chi connectivity index (χ4n) is 1.71. The molecule has 1 amide bonds. The molecule has 0 saturated carbocycles. The number of carbonyl (C=O) groups excluding carboxylic acids is 1. The zero-order valence-electron chi connectivity index (χ0n) is 12.2. The number of rotatable bonds is 7. The monoisotopic (exact) mass is 264 g/mol. The number of benzene rings is 1. The smallest absolute Gasteiger partial charge is 0.225 e. The summed E-state index contributed by atoms with van der Waals surface area (Å²) in [7, 11) is 0. The van der Waals surface area contributed by atoms with Crippen molar-refractivity contribution in [1.82, 2.24) is 5.32 Å². The molecule has 0 aliphatic heterocycles. The minimum absolute atomic E-state index is 0.0292. The van der Waals surface area contributed by atoms with Gasteiger partial charge >= 0.3 is 0 Å². The Kier molecular flexibility index (Phi) is 6.36. The lowest BCUT2D eigenvalue weighted by molar-refractivity contribution is -0.116. The highest BCUT2D eigenvalue weighted by atomic mass is 16.5. The van der Waals surface area contributed by atoms with E-state index in [4.69, 9.17) is 4.74 Å². The minimum atomic E-state index is 0.0292. The first kappa shape index (κ1) is 15.5. The summed E-state index contributed by atoms with van der Waals surface area (Å²) in [5, 5.41) is 6.04. The van der Waals surface area contributed by atoms with Crippen LogP contribution in [0.4, 0.5) is 5.69 Å². The van der Waals surface area contributed by atoms with Crippen LogP contribution in [0.15, 0.2) is 18.2 Å². The van der Waals surface area contributed by atoms with Crippen LogP contribution in [0, 0.1) is 6.92 Å². The maximum atomic E-state index is 11.7. The van der Waals surface area contributed by atoms with Crippen LogP contribution in [0.2, 0.25) is 0 Å². The Morgan fingerprint density at radius 2 is 2.11 bits per heavy atom. The van der Waals surface area contributed by atoms with Crippen LogP contribution >= 0.6 is 0 Å². The minimum Gasteiger partial charge on any atom is -0.491 e. The second-order valence-corrected chi connectivity index (χ2v) is 4.80. The van der Waals surface area contributed by atoms with Crippen molar-refractivity contribution in [3.8, 4) is 5.75 Å². The lowest BCUT2D eigenvalue weighted by Crippen LogP contribution is -2.21. The van der Waals surface area contributed by atoms with Gasteiger partial charge in [0.25, 0.3) is 0 Å². The number of amides is 1. The molecule has 1 aromatic carbocycles. The van der Waals surface area contributed by atoms with Gasteiger partial charge in [0, 0.05) is 18.7 Å². The van der Waals surface area contributed by atoms with Crippen LogP contribution < -0.4 is 15.4 Å². The van der Waals surface area contributed by atoms with Crippen molar-refractivity contribution in [1.29, 1.82) is 0 Å². The first-order chi connectivity index (χ1) is 9.02. The molecule has 0 saturated heterocycles. The quantitative estimate of drug-likeness (QED) is 0.744. The summed E-state index contributed by atoms with van der Waals surface area (Å²) in [6.07, 6.45) is 0.636. The van der Waals surface area contributed by atoms with E-state index in [9.17, 15) is 4.79 Å². The van der Waals surface area contributed by atoms with E-state index in [1.165, 1.54) is 0 Å². The first-order valence-corrected chi connectivity index (χ1v) is 6.80. The second kappa shape index (κ2) is 7.79. The van der Waals surface area contributed by atoms with Crippen molar-refractivity contribution in [3.63, 3.8) is 0 Å². The Hall–Kier alpha value is -1.55. The van der Waals surface area contributed by atoms with Crippen molar-refractivity contribution in [2.45, 2.75) is 40.2 Å². The SMILES string of the molecule is CCNCCC(=O)Nc1ccc(OC(C)C)cc1C. The summed E-state index contributed by atoms with van der Waals surface area (Å²) >= 11 is 0. The highest BCUT2D eigenvalue weighted by Crippen LogP contribution is 2.22. The lowest BCUT2D eigenvalue weighted by atomic mass is 10.2. The second-order valence-electron chi connectivity index (χ2n) is 4.80. The van der Waals surface area contributed by atoms with Crippen LogP contribution in [0.3, 0.4) is 0 Å². The fraction of sp³-hybridized carbons (Fsp3) is 0.533. The summed E-state index contributed by atoms with van der Waals surface area (Å²) in [6, 6.07) is 5.71. The fourth-order valence-corrected chi connectivity index (χ4v) is 1.71. The molecule has 0 heterocycles. The van der Waals surface area contributed by atoms with Gasteiger partial charge in [-0.15, -0.1) is 0 Å². The molecule has 1 rings (SSSR count). The van der Waals surface area contributed by atoms with Crippen LogP contribution in [0.5, 0.6) is 5.75 Å². The third-order valence-electron chi connectivity index (χ3n) is 2.62. The van der Waals surface area contributed by atoms with Gasteiger partial charge in [0.15, 0.2) is 0 Å². The maximum Gasteiger partial charge on any atom is 0.225 e. The Bertz CT molecular complexity index is 417. The van der Waals surface area contributed by atoms with Gasteiger partial charge in [-0.1, -0.05) is 6.92 Å². The number of carbonyl (C=O) groups is 1. The van der Waals surface area contributed by atoms with Gasteiger partial charge < -0.3 is 15.4 Å². The zero-order valence-corrected chi connectivity index (χ0v) is 12.2. The predicted molar refractivity (Wildman–Crippen MR) is 78.7 cm³/mol. The number of hydrogen-bond acceptors (Lipinski definition) is 3. The Balaban J connectivity index is 2.57. The number of ether oxygens (including phenoxy) is 1. The van der Waals surface area contributed by atoms with Crippen LogP contribution in [-0.4, -0.2) is 25.1 Å². The summed E-state index contributed by atoms with van der Waals surface area (Å²) in [5.74, 6) is 0.861. The Morgan fingerprint density at radius 3 is 2.68 bits per heavy atom. The molecule has 0 aromatic heterocycles.